The molecule has 1 aromatic heterocycles. The smallest absolute Gasteiger partial charge is 0.255 e. The first-order chi connectivity index (χ1) is 7.95. The van der Waals surface area contributed by atoms with Crippen LogP contribution in [0.25, 0.3) is 0 Å². The highest BCUT2D eigenvalue weighted by Gasteiger charge is 2.17. The summed E-state index contributed by atoms with van der Waals surface area (Å²) in [5, 5.41) is 3.65. The van der Waals surface area contributed by atoms with E-state index in [-0.39, 0.29) is 5.91 Å². The fourth-order valence-corrected chi connectivity index (χ4v) is 2.14. The summed E-state index contributed by atoms with van der Waals surface area (Å²) >= 11 is 1.47. The minimum Gasteiger partial charge on any atom is -0.352 e. The van der Waals surface area contributed by atoms with Crippen molar-refractivity contribution >= 4 is 17.7 Å². The van der Waals surface area contributed by atoms with Crippen LogP contribution in [0.4, 0.5) is 0 Å². The van der Waals surface area contributed by atoms with Gasteiger partial charge < -0.3 is 5.32 Å². The van der Waals surface area contributed by atoms with Gasteiger partial charge in [-0.15, -0.1) is 11.8 Å². The average Bonchev–Trinajstić information content (AvgIpc) is 2.24. The summed E-state index contributed by atoms with van der Waals surface area (Å²) in [5.41, 5.74) is 1.34. The Balaban J connectivity index is 2.99. The Morgan fingerprint density at radius 1 is 1.35 bits per heavy atom. The second-order valence-corrected chi connectivity index (χ2v) is 5.14. The fraction of sp³-hybridized carbons (Fsp3) is 0.583. The summed E-state index contributed by atoms with van der Waals surface area (Å²) in [7, 11) is 0. The summed E-state index contributed by atoms with van der Waals surface area (Å²) in [6.45, 7) is 8.48. The highest BCUT2D eigenvalue weighted by molar-refractivity contribution is 7.98. The largest absolute Gasteiger partial charge is 0.352 e. The van der Waals surface area contributed by atoms with E-state index in [9.17, 15) is 4.79 Å². The van der Waals surface area contributed by atoms with Gasteiger partial charge in [0.1, 0.15) is 10.9 Å². The molecule has 0 spiro atoms. The lowest BCUT2D eigenvalue weighted by Gasteiger charge is -2.12. The van der Waals surface area contributed by atoms with Crippen LogP contribution in [0, 0.1) is 19.8 Å². The van der Waals surface area contributed by atoms with E-state index in [1.165, 1.54) is 11.8 Å². The van der Waals surface area contributed by atoms with Gasteiger partial charge in [0.25, 0.3) is 5.91 Å². The number of aromatic nitrogens is 2. The summed E-state index contributed by atoms with van der Waals surface area (Å²) in [6.07, 6.45) is 1.92. The maximum absolute atomic E-state index is 12.1. The van der Waals surface area contributed by atoms with E-state index in [2.05, 4.69) is 29.1 Å². The molecule has 0 aliphatic heterocycles. The zero-order valence-electron chi connectivity index (χ0n) is 11.0. The van der Waals surface area contributed by atoms with Crippen LogP contribution in [-0.4, -0.2) is 28.7 Å². The molecule has 4 nitrogen and oxygen atoms in total. The van der Waals surface area contributed by atoms with Gasteiger partial charge in [-0.1, -0.05) is 13.8 Å². The number of hydrogen-bond donors (Lipinski definition) is 1. The van der Waals surface area contributed by atoms with Crippen molar-refractivity contribution in [3.8, 4) is 0 Å². The third-order valence-electron chi connectivity index (χ3n) is 2.26. The van der Waals surface area contributed by atoms with Crippen LogP contribution in [-0.2, 0) is 0 Å². The van der Waals surface area contributed by atoms with Gasteiger partial charge in [-0.25, -0.2) is 9.97 Å². The lowest BCUT2D eigenvalue weighted by atomic mass is 10.2. The molecule has 1 rings (SSSR count). The van der Waals surface area contributed by atoms with Crippen LogP contribution in [0.2, 0.25) is 0 Å². The molecule has 0 aliphatic rings. The third-order valence-corrected chi connectivity index (χ3v) is 2.94. The summed E-state index contributed by atoms with van der Waals surface area (Å²) < 4.78 is 0. The van der Waals surface area contributed by atoms with Crippen LogP contribution in [0.1, 0.15) is 35.7 Å². The standard InChI is InChI=1S/C12H19N3OS/c1-7(2)6-13-11(16)10-8(3)14-9(4)15-12(10)17-5/h7H,6H2,1-5H3,(H,13,16). The first kappa shape index (κ1) is 14.0. The van der Waals surface area contributed by atoms with Crippen molar-refractivity contribution in [1.29, 1.82) is 0 Å². The number of nitrogens with one attached hydrogen (secondary N) is 1. The van der Waals surface area contributed by atoms with Crippen molar-refractivity contribution < 1.29 is 4.79 Å². The molecule has 0 bridgehead atoms. The van der Waals surface area contributed by atoms with Crippen molar-refractivity contribution in [2.75, 3.05) is 12.8 Å². The van der Waals surface area contributed by atoms with E-state index in [0.717, 1.165) is 10.7 Å². The van der Waals surface area contributed by atoms with Crippen LogP contribution >= 0.6 is 11.8 Å². The predicted molar refractivity (Wildman–Crippen MR) is 70.5 cm³/mol. The maximum atomic E-state index is 12.1. The van der Waals surface area contributed by atoms with Gasteiger partial charge in [-0.2, -0.15) is 0 Å². The Bertz CT molecular complexity index is 418. The molecule has 0 fully saturated rings. The maximum Gasteiger partial charge on any atom is 0.255 e. The summed E-state index contributed by atoms with van der Waals surface area (Å²) in [5.74, 6) is 1.05. The van der Waals surface area contributed by atoms with Gasteiger partial charge in [0, 0.05) is 6.54 Å². The molecule has 1 aromatic rings. The normalized spacial score (nSPS) is 10.7. The first-order valence-corrected chi connectivity index (χ1v) is 6.85. The van der Waals surface area contributed by atoms with Gasteiger partial charge >= 0.3 is 0 Å². The first-order valence-electron chi connectivity index (χ1n) is 5.63. The van der Waals surface area contributed by atoms with Crippen molar-refractivity contribution in [2.24, 2.45) is 5.92 Å². The van der Waals surface area contributed by atoms with Crippen molar-refractivity contribution in [3.63, 3.8) is 0 Å². The quantitative estimate of drug-likeness (QED) is 0.660. The van der Waals surface area contributed by atoms with Gasteiger partial charge in [0.2, 0.25) is 0 Å². The SMILES string of the molecule is CSc1nc(C)nc(C)c1C(=O)NCC(C)C. The molecule has 0 saturated carbocycles. The molecule has 17 heavy (non-hydrogen) atoms. The molecule has 0 saturated heterocycles. The molecule has 0 aliphatic carbocycles. The molecule has 0 atom stereocenters. The highest BCUT2D eigenvalue weighted by Crippen LogP contribution is 2.20. The fourth-order valence-electron chi connectivity index (χ4n) is 1.48. The zero-order valence-corrected chi connectivity index (χ0v) is 11.8. The highest BCUT2D eigenvalue weighted by atomic mass is 32.2. The third kappa shape index (κ3) is 3.70. The Morgan fingerprint density at radius 2 is 2.00 bits per heavy atom. The van der Waals surface area contributed by atoms with E-state index in [1.807, 2.05) is 20.1 Å². The monoisotopic (exact) mass is 253 g/mol. The van der Waals surface area contributed by atoms with Crippen LogP contribution < -0.4 is 5.32 Å². The molecular formula is C12H19N3OS. The number of thioether (sulfide) groups is 1. The Labute approximate surface area is 107 Å². The number of hydrogen-bond acceptors (Lipinski definition) is 4. The van der Waals surface area contributed by atoms with E-state index >= 15 is 0 Å². The van der Waals surface area contributed by atoms with E-state index < -0.39 is 0 Å². The Kier molecular flexibility index (Phi) is 4.93. The summed E-state index contributed by atoms with van der Waals surface area (Å²) in [6, 6.07) is 0. The van der Waals surface area contributed by atoms with Crippen molar-refractivity contribution in [3.05, 3.63) is 17.1 Å². The average molecular weight is 253 g/mol. The molecule has 0 aromatic carbocycles. The lowest BCUT2D eigenvalue weighted by molar-refractivity contribution is 0.0944. The van der Waals surface area contributed by atoms with Crippen LogP contribution in [0.3, 0.4) is 0 Å². The number of carbonyl (C=O) groups is 1. The van der Waals surface area contributed by atoms with Gasteiger partial charge in [0.05, 0.1) is 11.3 Å². The molecule has 5 heteroatoms. The van der Waals surface area contributed by atoms with Crippen molar-refractivity contribution in [1.82, 2.24) is 15.3 Å². The molecule has 0 radical (unpaired) electrons. The Hall–Kier alpha value is -1.10. The van der Waals surface area contributed by atoms with Crippen LogP contribution in [0.15, 0.2) is 5.03 Å². The molecule has 0 unspecified atom stereocenters. The molecule has 1 heterocycles. The van der Waals surface area contributed by atoms with Crippen LogP contribution in [0.5, 0.6) is 0 Å². The molecule has 94 valence electrons. The zero-order chi connectivity index (χ0) is 13.0. The molecular weight excluding hydrogens is 234 g/mol. The number of rotatable bonds is 4. The second-order valence-electron chi connectivity index (χ2n) is 4.34. The second kappa shape index (κ2) is 6.00. The summed E-state index contributed by atoms with van der Waals surface area (Å²) in [4.78, 5) is 20.6. The van der Waals surface area contributed by atoms with E-state index in [1.54, 1.807) is 0 Å². The van der Waals surface area contributed by atoms with Gasteiger partial charge in [0.15, 0.2) is 0 Å². The molecule has 1 amide bonds. The van der Waals surface area contributed by atoms with E-state index in [4.69, 9.17) is 0 Å². The van der Waals surface area contributed by atoms with Crippen molar-refractivity contribution in [2.45, 2.75) is 32.7 Å². The number of carbonyl (C=O) groups excluding carboxylic acids is 1. The number of amides is 1. The minimum absolute atomic E-state index is 0.0828. The van der Waals surface area contributed by atoms with E-state index in [0.29, 0.717) is 23.9 Å². The predicted octanol–water partition coefficient (Wildman–Crippen LogP) is 2.20. The number of aryl methyl sites for hydroxylation is 2. The Morgan fingerprint density at radius 3 is 2.53 bits per heavy atom. The topological polar surface area (TPSA) is 54.9 Å². The lowest BCUT2D eigenvalue weighted by Crippen LogP contribution is -2.29. The van der Waals surface area contributed by atoms with Gasteiger partial charge in [-0.05, 0) is 26.0 Å². The number of nitrogens with zero attached hydrogens (tertiary/aromatic N) is 2. The van der Waals surface area contributed by atoms with Gasteiger partial charge in [-0.3, -0.25) is 4.79 Å². The minimum atomic E-state index is -0.0828. The molecule has 1 N–H and O–H groups in total.